The van der Waals surface area contributed by atoms with Crippen molar-refractivity contribution in [2.45, 2.75) is 52.0 Å². The molecule has 0 heterocycles. The van der Waals surface area contributed by atoms with Crippen LogP contribution < -0.4 is 10.1 Å². The zero-order valence-electron chi connectivity index (χ0n) is 12.8. The Balaban J connectivity index is 2.87. The van der Waals surface area contributed by atoms with Gasteiger partial charge in [-0.2, -0.15) is 11.8 Å². The monoisotopic (exact) mass is 281 g/mol. The van der Waals surface area contributed by atoms with Gasteiger partial charge in [0.2, 0.25) is 0 Å². The zero-order valence-corrected chi connectivity index (χ0v) is 13.6. The molecule has 1 aromatic rings. The Morgan fingerprint density at radius 2 is 1.84 bits per heavy atom. The fourth-order valence-electron chi connectivity index (χ4n) is 1.92. The van der Waals surface area contributed by atoms with E-state index in [1.807, 2.05) is 17.8 Å². The molecule has 19 heavy (non-hydrogen) atoms. The third-order valence-corrected chi connectivity index (χ3v) is 3.90. The second-order valence-electron chi connectivity index (χ2n) is 5.20. The summed E-state index contributed by atoms with van der Waals surface area (Å²) in [4.78, 5) is 0. The highest BCUT2D eigenvalue weighted by Crippen LogP contribution is 2.29. The van der Waals surface area contributed by atoms with Gasteiger partial charge < -0.3 is 10.1 Å². The van der Waals surface area contributed by atoms with E-state index in [9.17, 15) is 0 Å². The molecule has 0 bridgehead atoms. The van der Waals surface area contributed by atoms with Crippen molar-refractivity contribution < 1.29 is 4.74 Å². The van der Waals surface area contributed by atoms with Gasteiger partial charge in [0.15, 0.2) is 0 Å². The summed E-state index contributed by atoms with van der Waals surface area (Å²) in [5.74, 6) is 2.08. The molecule has 1 aromatic carbocycles. The summed E-state index contributed by atoms with van der Waals surface area (Å²) in [6.45, 7) is 11.7. The Hall–Kier alpha value is -0.670. The van der Waals surface area contributed by atoms with Crippen LogP contribution in [0.15, 0.2) is 24.3 Å². The van der Waals surface area contributed by atoms with Gasteiger partial charge >= 0.3 is 0 Å². The van der Waals surface area contributed by atoms with Gasteiger partial charge in [-0.1, -0.05) is 39.0 Å². The highest BCUT2D eigenvalue weighted by Gasteiger charge is 2.16. The molecule has 1 rings (SSSR count). The van der Waals surface area contributed by atoms with Gasteiger partial charge in [0, 0.05) is 17.4 Å². The number of hydrogen-bond acceptors (Lipinski definition) is 3. The zero-order chi connectivity index (χ0) is 14.3. The molecule has 0 aliphatic carbocycles. The number of hydrogen-bond donors (Lipinski definition) is 1. The number of nitrogens with one attached hydrogen (secondary N) is 1. The van der Waals surface area contributed by atoms with Gasteiger partial charge in [0.1, 0.15) is 5.75 Å². The van der Waals surface area contributed by atoms with E-state index >= 15 is 0 Å². The summed E-state index contributed by atoms with van der Waals surface area (Å²) in [7, 11) is 0. The molecule has 0 amide bonds. The molecule has 0 saturated heterocycles. The van der Waals surface area contributed by atoms with Crippen LogP contribution in [-0.4, -0.2) is 23.7 Å². The molecule has 1 atom stereocenters. The average Bonchev–Trinajstić information content (AvgIpc) is 2.34. The smallest absolute Gasteiger partial charge is 0.124 e. The van der Waals surface area contributed by atoms with Gasteiger partial charge in [-0.05, 0) is 31.7 Å². The van der Waals surface area contributed by atoms with Crippen LogP contribution in [0.1, 0.15) is 46.2 Å². The van der Waals surface area contributed by atoms with Crippen molar-refractivity contribution in [2.24, 2.45) is 0 Å². The minimum absolute atomic E-state index is 0.209. The quantitative estimate of drug-likeness (QED) is 0.769. The summed E-state index contributed by atoms with van der Waals surface area (Å²) in [5.41, 5.74) is 1.27. The molecular weight excluding hydrogens is 254 g/mol. The number of para-hydroxylation sites is 1. The number of thioether (sulfide) groups is 1. The van der Waals surface area contributed by atoms with E-state index in [0.717, 1.165) is 18.0 Å². The van der Waals surface area contributed by atoms with Crippen molar-refractivity contribution >= 4 is 11.8 Å². The van der Waals surface area contributed by atoms with Crippen LogP contribution in [-0.2, 0) is 0 Å². The Bertz CT molecular complexity index is 366. The average molecular weight is 281 g/mol. The standard InChI is InChI=1S/C16H27NOS/c1-6-17-15(11-19-13(4)5)14-9-7-8-10-16(14)18-12(2)3/h7-10,12-13,15,17H,6,11H2,1-5H3. The minimum Gasteiger partial charge on any atom is -0.491 e. The molecule has 0 spiro atoms. The maximum absolute atomic E-state index is 5.93. The van der Waals surface area contributed by atoms with E-state index < -0.39 is 0 Å². The molecule has 0 radical (unpaired) electrons. The first-order valence-electron chi connectivity index (χ1n) is 7.15. The fraction of sp³-hybridized carbons (Fsp3) is 0.625. The van der Waals surface area contributed by atoms with Crippen LogP contribution in [0.2, 0.25) is 0 Å². The molecule has 108 valence electrons. The molecule has 0 saturated carbocycles. The van der Waals surface area contributed by atoms with Crippen molar-refractivity contribution in [3.63, 3.8) is 0 Å². The van der Waals surface area contributed by atoms with Crippen molar-refractivity contribution in [2.75, 3.05) is 12.3 Å². The lowest BCUT2D eigenvalue weighted by Crippen LogP contribution is -2.24. The highest BCUT2D eigenvalue weighted by atomic mass is 32.2. The van der Waals surface area contributed by atoms with Crippen LogP contribution in [0, 0.1) is 0 Å². The van der Waals surface area contributed by atoms with E-state index in [1.54, 1.807) is 0 Å². The normalized spacial score (nSPS) is 13.0. The van der Waals surface area contributed by atoms with Gasteiger partial charge in [-0.15, -0.1) is 0 Å². The van der Waals surface area contributed by atoms with Crippen LogP contribution >= 0.6 is 11.8 Å². The maximum Gasteiger partial charge on any atom is 0.124 e. The number of benzene rings is 1. The van der Waals surface area contributed by atoms with Crippen LogP contribution in [0.5, 0.6) is 5.75 Å². The molecule has 1 unspecified atom stereocenters. The van der Waals surface area contributed by atoms with Crippen molar-refractivity contribution in [1.29, 1.82) is 0 Å². The third-order valence-electron chi connectivity index (χ3n) is 2.70. The molecule has 3 heteroatoms. The first-order chi connectivity index (χ1) is 9.04. The van der Waals surface area contributed by atoms with Crippen molar-refractivity contribution in [1.82, 2.24) is 5.32 Å². The molecule has 0 aliphatic heterocycles. The SMILES string of the molecule is CCNC(CSC(C)C)c1ccccc1OC(C)C. The molecule has 0 aromatic heterocycles. The van der Waals surface area contributed by atoms with Crippen LogP contribution in [0.25, 0.3) is 0 Å². The fourth-order valence-corrected chi connectivity index (χ4v) is 2.80. The largest absolute Gasteiger partial charge is 0.491 e. The topological polar surface area (TPSA) is 21.3 Å². The summed E-state index contributed by atoms with van der Waals surface area (Å²) in [6.07, 6.45) is 0.209. The van der Waals surface area contributed by atoms with E-state index in [2.05, 4.69) is 58.1 Å². The Morgan fingerprint density at radius 3 is 2.42 bits per heavy atom. The molecule has 0 aliphatic rings. The Kier molecular flexibility index (Phi) is 7.32. The second kappa shape index (κ2) is 8.49. The van der Waals surface area contributed by atoms with Crippen LogP contribution in [0.4, 0.5) is 0 Å². The van der Waals surface area contributed by atoms with E-state index in [1.165, 1.54) is 5.56 Å². The predicted molar refractivity (Wildman–Crippen MR) is 86.2 cm³/mol. The summed E-state index contributed by atoms with van der Waals surface area (Å²) in [5, 5.41) is 4.22. The van der Waals surface area contributed by atoms with E-state index in [0.29, 0.717) is 11.3 Å². The molecular formula is C16H27NOS. The van der Waals surface area contributed by atoms with Crippen LogP contribution in [0.3, 0.4) is 0 Å². The van der Waals surface area contributed by atoms with E-state index in [-0.39, 0.29) is 6.10 Å². The second-order valence-corrected chi connectivity index (χ2v) is 6.81. The van der Waals surface area contributed by atoms with Crippen molar-refractivity contribution in [3.05, 3.63) is 29.8 Å². The highest BCUT2D eigenvalue weighted by molar-refractivity contribution is 7.99. The first-order valence-corrected chi connectivity index (χ1v) is 8.20. The number of rotatable bonds is 8. The lowest BCUT2D eigenvalue weighted by molar-refractivity contribution is 0.238. The van der Waals surface area contributed by atoms with E-state index in [4.69, 9.17) is 4.74 Å². The molecule has 2 nitrogen and oxygen atoms in total. The summed E-state index contributed by atoms with van der Waals surface area (Å²) in [6, 6.07) is 8.73. The van der Waals surface area contributed by atoms with Gasteiger partial charge in [0.25, 0.3) is 0 Å². The van der Waals surface area contributed by atoms with Gasteiger partial charge in [-0.3, -0.25) is 0 Å². The maximum atomic E-state index is 5.93. The lowest BCUT2D eigenvalue weighted by Gasteiger charge is -2.23. The lowest BCUT2D eigenvalue weighted by atomic mass is 10.1. The third kappa shape index (κ3) is 5.87. The molecule has 0 fully saturated rings. The molecule has 1 N–H and O–H groups in total. The van der Waals surface area contributed by atoms with Gasteiger partial charge in [-0.25, -0.2) is 0 Å². The Labute approximate surface area is 122 Å². The van der Waals surface area contributed by atoms with Gasteiger partial charge in [0.05, 0.1) is 6.10 Å². The summed E-state index contributed by atoms with van der Waals surface area (Å²) < 4.78 is 5.93. The predicted octanol–water partition coefficient (Wildman–Crippen LogP) is 4.27. The Morgan fingerprint density at radius 1 is 1.16 bits per heavy atom. The first kappa shape index (κ1) is 16.4. The van der Waals surface area contributed by atoms with Crippen molar-refractivity contribution in [3.8, 4) is 5.75 Å². The minimum atomic E-state index is 0.209. The number of ether oxygens (including phenoxy) is 1. The summed E-state index contributed by atoms with van der Waals surface area (Å²) >= 11 is 1.98.